The van der Waals surface area contributed by atoms with Crippen molar-refractivity contribution in [2.45, 2.75) is 13.5 Å². The molecule has 0 aliphatic carbocycles. The molecule has 1 atom stereocenters. The molecule has 1 aromatic rings. The Balaban J connectivity index is 1.54. The highest BCUT2D eigenvalue weighted by Gasteiger charge is 2.36. The Hall–Kier alpha value is -3.10. The molecule has 3 heterocycles. The van der Waals surface area contributed by atoms with Gasteiger partial charge in [-0.2, -0.15) is 4.99 Å². The first-order valence-corrected chi connectivity index (χ1v) is 7.45. The lowest BCUT2D eigenvalue weighted by Gasteiger charge is -2.27. The van der Waals surface area contributed by atoms with Crippen LogP contribution in [0.5, 0.6) is 0 Å². The highest BCUT2D eigenvalue weighted by atomic mass is 16.2. The van der Waals surface area contributed by atoms with Crippen molar-refractivity contribution in [3.8, 4) is 0 Å². The Bertz CT molecular complexity index is 776. The maximum absolute atomic E-state index is 12.3. The number of amides is 4. The number of imide groups is 1. The molecule has 0 bridgehead atoms. The van der Waals surface area contributed by atoms with Crippen LogP contribution < -0.4 is 5.32 Å². The van der Waals surface area contributed by atoms with Gasteiger partial charge in [-0.3, -0.25) is 14.5 Å². The second-order valence-corrected chi connectivity index (χ2v) is 5.34. The quantitative estimate of drug-likeness (QED) is 0.815. The molecule has 0 radical (unpaired) electrons. The number of carbonyl (C=O) groups is 3. The topological polar surface area (TPSA) is 109 Å². The monoisotopic (exact) mass is 328 g/mol. The van der Waals surface area contributed by atoms with E-state index in [-0.39, 0.29) is 37.3 Å². The van der Waals surface area contributed by atoms with Crippen LogP contribution in [0.4, 0.5) is 4.79 Å². The van der Waals surface area contributed by atoms with Gasteiger partial charge in [0.2, 0.25) is 11.8 Å². The molecule has 0 fully saturated rings. The van der Waals surface area contributed by atoms with Gasteiger partial charge in [-0.25, -0.2) is 14.8 Å². The zero-order valence-corrected chi connectivity index (χ0v) is 13.0. The first-order valence-electron chi connectivity index (χ1n) is 7.45. The van der Waals surface area contributed by atoms with Crippen molar-refractivity contribution < 1.29 is 14.4 Å². The standard InChI is InChI=1S/C15H16N6O3/c1-10-16-5-7-20(10)9-12(22)17-6-8-21-14(23)11-3-2-4-18-13(11)19-15(21)24/h2-5,7,11H,6,8-9H2,1H3,(H,17,22). The van der Waals surface area contributed by atoms with Gasteiger partial charge in [0.25, 0.3) is 0 Å². The molecule has 0 saturated heterocycles. The van der Waals surface area contributed by atoms with E-state index < -0.39 is 11.9 Å². The summed E-state index contributed by atoms with van der Waals surface area (Å²) in [4.78, 5) is 49.0. The van der Waals surface area contributed by atoms with Crippen molar-refractivity contribution in [1.29, 1.82) is 0 Å². The molecule has 9 nitrogen and oxygen atoms in total. The number of hydrogen-bond donors (Lipinski definition) is 1. The zero-order valence-electron chi connectivity index (χ0n) is 13.0. The van der Waals surface area contributed by atoms with Gasteiger partial charge in [0, 0.05) is 31.7 Å². The van der Waals surface area contributed by atoms with E-state index >= 15 is 0 Å². The summed E-state index contributed by atoms with van der Waals surface area (Å²) in [6.07, 6.45) is 8.10. The van der Waals surface area contributed by atoms with Gasteiger partial charge in [-0.05, 0) is 13.0 Å². The smallest absolute Gasteiger partial charge is 0.352 e. The van der Waals surface area contributed by atoms with Gasteiger partial charge in [0.15, 0.2) is 0 Å². The van der Waals surface area contributed by atoms with Crippen LogP contribution in [-0.2, 0) is 16.1 Å². The van der Waals surface area contributed by atoms with E-state index in [1.54, 1.807) is 36.0 Å². The van der Waals surface area contributed by atoms with Crippen molar-refractivity contribution >= 4 is 29.9 Å². The van der Waals surface area contributed by atoms with Crippen LogP contribution in [0.3, 0.4) is 0 Å². The lowest BCUT2D eigenvalue weighted by Crippen LogP contribution is -2.49. The molecule has 0 aromatic carbocycles. The van der Waals surface area contributed by atoms with Gasteiger partial charge in [-0.1, -0.05) is 6.08 Å². The molecule has 1 N–H and O–H groups in total. The van der Waals surface area contributed by atoms with E-state index in [9.17, 15) is 14.4 Å². The minimum absolute atomic E-state index is 0.0666. The third-order valence-corrected chi connectivity index (χ3v) is 3.74. The van der Waals surface area contributed by atoms with Gasteiger partial charge in [0.05, 0.1) is 0 Å². The predicted molar refractivity (Wildman–Crippen MR) is 85.6 cm³/mol. The largest absolute Gasteiger partial charge is 0.353 e. The molecule has 124 valence electrons. The number of fused-ring (bicyclic) bond motifs is 1. The Morgan fingerprint density at radius 1 is 1.38 bits per heavy atom. The van der Waals surface area contributed by atoms with E-state index in [2.05, 4.69) is 20.3 Å². The molecule has 0 spiro atoms. The average molecular weight is 328 g/mol. The van der Waals surface area contributed by atoms with Gasteiger partial charge in [0.1, 0.15) is 24.1 Å². The minimum Gasteiger partial charge on any atom is -0.353 e. The summed E-state index contributed by atoms with van der Waals surface area (Å²) in [6, 6.07) is -0.654. The Labute approximate surface area is 137 Å². The normalized spacial score (nSPS) is 19.3. The highest BCUT2D eigenvalue weighted by molar-refractivity contribution is 6.19. The second-order valence-electron chi connectivity index (χ2n) is 5.34. The van der Waals surface area contributed by atoms with Crippen LogP contribution in [0.25, 0.3) is 0 Å². The fourth-order valence-corrected chi connectivity index (χ4v) is 2.45. The number of imidazole rings is 1. The van der Waals surface area contributed by atoms with Gasteiger partial charge < -0.3 is 9.88 Å². The Kier molecular flexibility index (Phi) is 4.32. The summed E-state index contributed by atoms with van der Waals surface area (Å²) in [6.45, 7) is 2.16. The van der Waals surface area contributed by atoms with Crippen molar-refractivity contribution in [3.63, 3.8) is 0 Å². The number of nitrogens with zero attached hydrogens (tertiary/aromatic N) is 5. The first-order chi connectivity index (χ1) is 11.6. The molecule has 4 amide bonds. The minimum atomic E-state index is -0.654. The predicted octanol–water partition coefficient (Wildman–Crippen LogP) is -0.0748. The Morgan fingerprint density at radius 3 is 2.96 bits per heavy atom. The maximum Gasteiger partial charge on any atom is 0.352 e. The summed E-state index contributed by atoms with van der Waals surface area (Å²) >= 11 is 0. The summed E-state index contributed by atoms with van der Waals surface area (Å²) in [5, 5.41) is 2.68. The number of dihydropyridines is 1. The summed E-state index contributed by atoms with van der Waals surface area (Å²) < 4.78 is 1.70. The fourth-order valence-electron chi connectivity index (χ4n) is 2.45. The van der Waals surface area contributed by atoms with E-state index in [0.29, 0.717) is 0 Å². The first kappa shape index (κ1) is 15.8. The van der Waals surface area contributed by atoms with Crippen molar-refractivity contribution in [2.24, 2.45) is 15.9 Å². The molecule has 9 heteroatoms. The zero-order chi connectivity index (χ0) is 17.1. The number of nitrogens with one attached hydrogen (secondary N) is 1. The van der Waals surface area contributed by atoms with E-state index in [1.807, 2.05) is 0 Å². The van der Waals surface area contributed by atoms with Gasteiger partial charge >= 0.3 is 6.03 Å². The van der Waals surface area contributed by atoms with E-state index in [4.69, 9.17) is 0 Å². The number of amidine groups is 1. The number of hydrogen-bond acceptors (Lipinski definition) is 5. The van der Waals surface area contributed by atoms with E-state index in [0.717, 1.165) is 10.7 Å². The van der Waals surface area contributed by atoms with Crippen molar-refractivity contribution in [1.82, 2.24) is 19.8 Å². The number of rotatable bonds is 5. The molecule has 1 unspecified atom stereocenters. The van der Waals surface area contributed by atoms with Crippen LogP contribution in [0.1, 0.15) is 5.82 Å². The fraction of sp³-hybridized carbons (Fsp3) is 0.333. The number of urea groups is 1. The maximum atomic E-state index is 12.3. The average Bonchev–Trinajstić information content (AvgIpc) is 2.95. The summed E-state index contributed by atoms with van der Waals surface area (Å²) in [5.41, 5.74) is 0. The van der Waals surface area contributed by atoms with Crippen molar-refractivity contribution in [3.05, 3.63) is 30.4 Å². The highest BCUT2D eigenvalue weighted by Crippen LogP contribution is 2.18. The SMILES string of the molecule is Cc1nccn1CC(=O)NCCN1C(=O)N=C2N=CC=CC2C1=O. The second kappa shape index (κ2) is 6.57. The molecule has 2 aliphatic rings. The lowest BCUT2D eigenvalue weighted by molar-refractivity contribution is -0.130. The van der Waals surface area contributed by atoms with Crippen LogP contribution in [0.15, 0.2) is 34.5 Å². The van der Waals surface area contributed by atoms with Crippen LogP contribution >= 0.6 is 0 Å². The third kappa shape index (κ3) is 3.14. The molecule has 1 aromatic heterocycles. The lowest BCUT2D eigenvalue weighted by atomic mass is 10.0. The van der Waals surface area contributed by atoms with Crippen LogP contribution in [-0.4, -0.2) is 57.4 Å². The molecule has 24 heavy (non-hydrogen) atoms. The van der Waals surface area contributed by atoms with Crippen molar-refractivity contribution in [2.75, 3.05) is 13.1 Å². The number of allylic oxidation sites excluding steroid dienone is 1. The van der Waals surface area contributed by atoms with E-state index in [1.165, 1.54) is 6.21 Å². The third-order valence-electron chi connectivity index (χ3n) is 3.74. The molecular weight excluding hydrogens is 312 g/mol. The molecule has 3 rings (SSSR count). The summed E-state index contributed by atoms with van der Waals surface area (Å²) in [5.74, 6) is -0.282. The number of aliphatic imine (C=N–C) groups is 2. The molecule has 2 aliphatic heterocycles. The number of aromatic nitrogens is 2. The van der Waals surface area contributed by atoms with Gasteiger partial charge in [-0.15, -0.1) is 0 Å². The van der Waals surface area contributed by atoms with Crippen LogP contribution in [0.2, 0.25) is 0 Å². The summed E-state index contributed by atoms with van der Waals surface area (Å²) in [7, 11) is 0. The Morgan fingerprint density at radius 2 is 2.21 bits per heavy atom. The van der Waals surface area contributed by atoms with Crippen LogP contribution in [0, 0.1) is 12.8 Å². The number of carbonyl (C=O) groups excluding carboxylic acids is 3. The molecular formula is C15H16N6O3. The number of aryl methyl sites for hydroxylation is 1. The molecule has 0 saturated carbocycles.